The molecule has 0 aliphatic heterocycles. The van der Waals surface area contributed by atoms with Crippen molar-refractivity contribution in [3.05, 3.63) is 20.8 Å². The van der Waals surface area contributed by atoms with Gasteiger partial charge < -0.3 is 5.32 Å². The van der Waals surface area contributed by atoms with E-state index in [4.69, 9.17) is 0 Å². The zero-order chi connectivity index (χ0) is 13.9. The van der Waals surface area contributed by atoms with Gasteiger partial charge in [0.2, 0.25) is 0 Å². The molecule has 1 rings (SSSR count). The zero-order valence-corrected chi connectivity index (χ0v) is 14.8. The molecule has 0 radical (unpaired) electrons. The first-order chi connectivity index (χ1) is 9.27. The molecule has 1 aromatic rings. The lowest BCUT2D eigenvalue weighted by Crippen LogP contribution is -2.20. The van der Waals surface area contributed by atoms with Crippen LogP contribution in [-0.2, 0) is 0 Å². The van der Waals surface area contributed by atoms with Gasteiger partial charge in [-0.25, -0.2) is 0 Å². The monoisotopic (exact) mass is 345 g/mol. The minimum Gasteiger partial charge on any atom is -0.310 e. The largest absolute Gasteiger partial charge is 0.310 e. The molecule has 1 N–H and O–H groups in total. The molecule has 3 heteroatoms. The maximum atomic E-state index is 3.61. The smallest absolute Gasteiger partial charge is 0.0701 e. The van der Waals surface area contributed by atoms with Crippen molar-refractivity contribution < 1.29 is 0 Å². The number of thiophene rings is 1. The molecule has 1 heterocycles. The van der Waals surface area contributed by atoms with Crippen LogP contribution in [0.2, 0.25) is 0 Å². The molecule has 0 saturated carbocycles. The first-order valence-corrected chi connectivity index (χ1v) is 9.42. The minimum atomic E-state index is 0.545. The fraction of sp³-hybridized carbons (Fsp3) is 0.750. The van der Waals surface area contributed by atoms with Gasteiger partial charge in [-0.2, -0.15) is 0 Å². The van der Waals surface area contributed by atoms with Crippen LogP contribution in [0, 0.1) is 0 Å². The van der Waals surface area contributed by atoms with Gasteiger partial charge in [-0.1, -0.05) is 58.8 Å². The van der Waals surface area contributed by atoms with E-state index in [-0.39, 0.29) is 0 Å². The summed E-state index contributed by atoms with van der Waals surface area (Å²) in [5.74, 6) is 0. The minimum absolute atomic E-state index is 0.545. The Hall–Kier alpha value is 0.140. The normalized spacial score (nSPS) is 12.8. The summed E-state index contributed by atoms with van der Waals surface area (Å²) < 4.78 is 1.24. The average molecular weight is 346 g/mol. The van der Waals surface area contributed by atoms with Crippen molar-refractivity contribution in [2.45, 2.75) is 71.3 Å². The number of rotatable bonds is 11. The molecule has 0 fully saturated rings. The van der Waals surface area contributed by atoms with Gasteiger partial charge in [0.1, 0.15) is 0 Å². The highest BCUT2D eigenvalue weighted by Crippen LogP contribution is 2.28. The lowest BCUT2D eigenvalue weighted by molar-refractivity contribution is 0.476. The van der Waals surface area contributed by atoms with Crippen molar-refractivity contribution >= 4 is 27.3 Å². The predicted molar refractivity (Wildman–Crippen MR) is 91.0 cm³/mol. The predicted octanol–water partition coefficient (Wildman–Crippen LogP) is 6.30. The van der Waals surface area contributed by atoms with E-state index < -0.39 is 0 Å². The Morgan fingerprint density at radius 2 is 1.79 bits per heavy atom. The lowest BCUT2D eigenvalue weighted by atomic mass is 10.0. The van der Waals surface area contributed by atoms with E-state index in [9.17, 15) is 0 Å². The summed E-state index contributed by atoms with van der Waals surface area (Å²) in [6.07, 6.45) is 11.0. The number of hydrogen-bond acceptors (Lipinski definition) is 2. The molecule has 0 spiro atoms. The van der Waals surface area contributed by atoms with Crippen molar-refractivity contribution in [2.24, 2.45) is 0 Å². The third kappa shape index (κ3) is 7.48. The van der Waals surface area contributed by atoms with Crippen molar-refractivity contribution in [1.29, 1.82) is 0 Å². The molecule has 1 unspecified atom stereocenters. The first kappa shape index (κ1) is 17.2. The standard InChI is InChI=1S/C16H28BrNS/c1-3-5-6-7-8-9-10-11-15(18-4-2)14-12-16(17)19-13-14/h12-13,15,18H,3-11H2,1-2H3. The molecule has 0 saturated heterocycles. The summed E-state index contributed by atoms with van der Waals surface area (Å²) in [5, 5.41) is 5.89. The highest BCUT2D eigenvalue weighted by molar-refractivity contribution is 9.11. The number of unbranched alkanes of at least 4 members (excludes halogenated alkanes) is 6. The second-order valence-corrected chi connectivity index (χ2v) is 7.49. The topological polar surface area (TPSA) is 12.0 Å². The lowest BCUT2D eigenvalue weighted by Gasteiger charge is -2.16. The molecule has 0 amide bonds. The van der Waals surface area contributed by atoms with Gasteiger partial charge in [0.15, 0.2) is 0 Å². The van der Waals surface area contributed by atoms with Crippen molar-refractivity contribution in [1.82, 2.24) is 5.32 Å². The van der Waals surface area contributed by atoms with Gasteiger partial charge in [-0.15, -0.1) is 11.3 Å². The molecule has 1 nitrogen and oxygen atoms in total. The van der Waals surface area contributed by atoms with Crippen LogP contribution in [0.15, 0.2) is 15.2 Å². The second-order valence-electron chi connectivity index (χ2n) is 5.20. The maximum absolute atomic E-state index is 3.61. The molecule has 0 aliphatic rings. The number of hydrogen-bond donors (Lipinski definition) is 1. The molecule has 110 valence electrons. The molecule has 19 heavy (non-hydrogen) atoms. The molecular formula is C16H28BrNS. The fourth-order valence-electron chi connectivity index (χ4n) is 2.44. The summed E-state index contributed by atoms with van der Waals surface area (Å²) in [4.78, 5) is 0. The second kappa shape index (κ2) is 10.9. The van der Waals surface area contributed by atoms with Crippen molar-refractivity contribution in [2.75, 3.05) is 6.54 Å². The SMILES string of the molecule is CCCCCCCCCC(NCC)c1csc(Br)c1. The third-order valence-electron chi connectivity index (χ3n) is 3.54. The van der Waals surface area contributed by atoms with E-state index in [0.29, 0.717) is 6.04 Å². The highest BCUT2D eigenvalue weighted by Gasteiger charge is 2.11. The molecule has 0 bridgehead atoms. The van der Waals surface area contributed by atoms with Crippen LogP contribution in [0.1, 0.15) is 76.8 Å². The summed E-state index contributed by atoms with van der Waals surface area (Å²) >= 11 is 5.35. The van der Waals surface area contributed by atoms with Crippen LogP contribution >= 0.6 is 27.3 Å². The molecular weight excluding hydrogens is 318 g/mol. The summed E-state index contributed by atoms with van der Waals surface area (Å²) in [6.45, 7) is 5.52. The van der Waals surface area contributed by atoms with E-state index in [1.54, 1.807) is 11.3 Å². The highest BCUT2D eigenvalue weighted by atomic mass is 79.9. The Balaban J connectivity index is 2.19. The quantitative estimate of drug-likeness (QED) is 0.464. The molecule has 1 aromatic heterocycles. The van der Waals surface area contributed by atoms with Gasteiger partial charge in [0, 0.05) is 6.04 Å². The van der Waals surface area contributed by atoms with Crippen LogP contribution in [0.25, 0.3) is 0 Å². The van der Waals surface area contributed by atoms with E-state index in [1.807, 2.05) is 0 Å². The van der Waals surface area contributed by atoms with E-state index in [2.05, 4.69) is 46.5 Å². The Labute approximate surface area is 131 Å². The Kier molecular flexibility index (Phi) is 9.84. The molecule has 0 aromatic carbocycles. The number of halogens is 1. The maximum Gasteiger partial charge on any atom is 0.0701 e. The first-order valence-electron chi connectivity index (χ1n) is 7.75. The van der Waals surface area contributed by atoms with Crippen molar-refractivity contribution in [3.63, 3.8) is 0 Å². The fourth-order valence-corrected chi connectivity index (χ4v) is 3.67. The molecule has 1 atom stereocenters. The van der Waals surface area contributed by atoms with Crippen LogP contribution in [0.4, 0.5) is 0 Å². The zero-order valence-electron chi connectivity index (χ0n) is 12.4. The summed E-state index contributed by atoms with van der Waals surface area (Å²) in [6, 6.07) is 2.81. The van der Waals surface area contributed by atoms with E-state index in [1.165, 1.54) is 60.7 Å². The van der Waals surface area contributed by atoms with Crippen LogP contribution in [-0.4, -0.2) is 6.54 Å². The van der Waals surface area contributed by atoms with Crippen molar-refractivity contribution in [3.8, 4) is 0 Å². The number of nitrogens with one attached hydrogen (secondary N) is 1. The van der Waals surface area contributed by atoms with Gasteiger partial charge in [0.05, 0.1) is 3.79 Å². The van der Waals surface area contributed by atoms with Gasteiger partial charge in [-0.3, -0.25) is 0 Å². The van der Waals surface area contributed by atoms with E-state index >= 15 is 0 Å². The third-order valence-corrected chi connectivity index (χ3v) is 5.06. The summed E-state index contributed by atoms with van der Waals surface area (Å²) in [7, 11) is 0. The van der Waals surface area contributed by atoms with Gasteiger partial charge in [-0.05, 0) is 45.9 Å². The Bertz CT molecular complexity index is 324. The van der Waals surface area contributed by atoms with E-state index in [0.717, 1.165) is 6.54 Å². The average Bonchev–Trinajstić information content (AvgIpc) is 2.83. The van der Waals surface area contributed by atoms with Crippen LogP contribution in [0.5, 0.6) is 0 Å². The molecule has 0 aliphatic carbocycles. The Morgan fingerprint density at radius 3 is 2.37 bits per heavy atom. The van der Waals surface area contributed by atoms with Gasteiger partial charge >= 0.3 is 0 Å². The van der Waals surface area contributed by atoms with Crippen LogP contribution < -0.4 is 5.32 Å². The van der Waals surface area contributed by atoms with Gasteiger partial charge in [0.25, 0.3) is 0 Å². The van der Waals surface area contributed by atoms with Crippen LogP contribution in [0.3, 0.4) is 0 Å². The Morgan fingerprint density at radius 1 is 1.11 bits per heavy atom. The summed E-state index contributed by atoms with van der Waals surface area (Å²) in [5.41, 5.74) is 1.45.